The summed E-state index contributed by atoms with van der Waals surface area (Å²) in [5, 5.41) is 25.5. The highest BCUT2D eigenvalue weighted by atomic mass is 16.4. The number of phenols is 1. The van der Waals surface area contributed by atoms with Crippen molar-refractivity contribution < 1.29 is 34.2 Å². The van der Waals surface area contributed by atoms with Gasteiger partial charge in [0.05, 0.1) is 12.6 Å². The lowest BCUT2D eigenvalue weighted by Crippen LogP contribution is -2.53. The number of primary amides is 1. The molecule has 0 bridgehead atoms. The molecule has 1 aromatic carbocycles. The molecule has 4 amide bonds. The molecule has 12 heteroatoms. The first-order chi connectivity index (χ1) is 14.5. The van der Waals surface area contributed by atoms with Gasteiger partial charge in [0.15, 0.2) is 0 Å². The smallest absolute Gasteiger partial charge is 0.326 e. The van der Waals surface area contributed by atoms with Crippen LogP contribution in [0.3, 0.4) is 0 Å². The van der Waals surface area contributed by atoms with Crippen LogP contribution in [-0.2, 0) is 30.4 Å². The third-order valence-corrected chi connectivity index (χ3v) is 4.16. The summed E-state index contributed by atoms with van der Waals surface area (Å²) in [6.07, 6.45) is -0.373. The summed E-state index contributed by atoms with van der Waals surface area (Å²) in [6.45, 7) is 0.885. The van der Waals surface area contributed by atoms with Gasteiger partial charge in [-0.1, -0.05) is 12.1 Å². The van der Waals surface area contributed by atoms with Crippen molar-refractivity contribution in [2.75, 3.05) is 6.54 Å². The van der Waals surface area contributed by atoms with Gasteiger partial charge in [-0.3, -0.25) is 19.2 Å². The molecule has 0 aliphatic carbocycles. The van der Waals surface area contributed by atoms with Gasteiger partial charge in [0.1, 0.15) is 17.8 Å². The molecule has 9 N–H and O–H groups in total. The van der Waals surface area contributed by atoms with E-state index in [0.29, 0.717) is 5.56 Å². The third-order valence-electron chi connectivity index (χ3n) is 4.16. The SMILES string of the molecule is CC(N)C(=O)NC(Cc1ccc(O)cc1)C(=O)NCC(=O)NC(CCC(N)=O)C(=O)O. The second-order valence-electron chi connectivity index (χ2n) is 6.90. The first-order valence-corrected chi connectivity index (χ1v) is 9.41. The summed E-state index contributed by atoms with van der Waals surface area (Å²) in [4.78, 5) is 58.5. The quantitative estimate of drug-likeness (QED) is 0.189. The molecule has 0 aliphatic heterocycles. The average Bonchev–Trinajstić information content (AvgIpc) is 2.69. The summed E-state index contributed by atoms with van der Waals surface area (Å²) < 4.78 is 0. The Balaban J connectivity index is 2.74. The van der Waals surface area contributed by atoms with Gasteiger partial charge in [-0.2, -0.15) is 0 Å². The highest BCUT2D eigenvalue weighted by Crippen LogP contribution is 2.11. The van der Waals surface area contributed by atoms with E-state index in [2.05, 4.69) is 16.0 Å². The molecule has 0 aromatic heterocycles. The van der Waals surface area contributed by atoms with E-state index in [-0.39, 0.29) is 25.0 Å². The highest BCUT2D eigenvalue weighted by Gasteiger charge is 2.24. The zero-order valence-electron chi connectivity index (χ0n) is 17.0. The predicted octanol–water partition coefficient (Wildman–Crippen LogP) is -2.28. The molecule has 12 nitrogen and oxygen atoms in total. The molecule has 0 radical (unpaired) electrons. The summed E-state index contributed by atoms with van der Waals surface area (Å²) in [5.74, 6) is -4.11. The Morgan fingerprint density at radius 3 is 2.13 bits per heavy atom. The van der Waals surface area contributed by atoms with E-state index in [1.54, 1.807) is 12.1 Å². The van der Waals surface area contributed by atoms with Crippen molar-refractivity contribution in [3.63, 3.8) is 0 Å². The molecule has 0 spiro atoms. The second-order valence-corrected chi connectivity index (χ2v) is 6.90. The second kappa shape index (κ2) is 12.1. The first kappa shape index (κ1) is 25.4. The van der Waals surface area contributed by atoms with Gasteiger partial charge in [0.25, 0.3) is 0 Å². The third kappa shape index (κ3) is 9.58. The Labute approximate surface area is 178 Å². The standard InChI is InChI=1S/C19H27N5O7/c1-10(20)17(28)24-14(8-11-2-4-12(25)5-3-11)18(29)22-9-16(27)23-13(19(30)31)6-7-15(21)26/h2-5,10,13-14,25H,6-9,20H2,1H3,(H2,21,26)(H,22,29)(H,23,27)(H,24,28)(H,30,31). The molecule has 1 aromatic rings. The minimum absolute atomic E-state index is 0.0327. The molecule has 3 unspecified atom stereocenters. The predicted molar refractivity (Wildman–Crippen MR) is 108 cm³/mol. The molecule has 0 aliphatic rings. The molecular weight excluding hydrogens is 410 g/mol. The van der Waals surface area contributed by atoms with E-state index in [4.69, 9.17) is 16.6 Å². The van der Waals surface area contributed by atoms with E-state index in [1.807, 2.05) is 0 Å². The normalized spacial score (nSPS) is 13.4. The number of hydrogen-bond acceptors (Lipinski definition) is 7. The van der Waals surface area contributed by atoms with E-state index >= 15 is 0 Å². The maximum atomic E-state index is 12.5. The average molecular weight is 437 g/mol. The fourth-order valence-electron chi connectivity index (χ4n) is 2.46. The molecule has 0 saturated heterocycles. The summed E-state index contributed by atoms with van der Waals surface area (Å²) >= 11 is 0. The van der Waals surface area contributed by atoms with E-state index in [0.717, 1.165) is 0 Å². The number of aromatic hydroxyl groups is 1. The van der Waals surface area contributed by atoms with Gasteiger partial charge in [-0.05, 0) is 31.0 Å². The number of phenolic OH excluding ortho intramolecular Hbond substituents is 1. The Morgan fingerprint density at radius 2 is 1.61 bits per heavy atom. The Kier molecular flexibility index (Phi) is 9.92. The minimum atomic E-state index is -1.35. The maximum Gasteiger partial charge on any atom is 0.326 e. The van der Waals surface area contributed by atoms with Crippen LogP contribution in [0.15, 0.2) is 24.3 Å². The number of nitrogens with two attached hydrogens (primary N) is 2. The molecule has 170 valence electrons. The van der Waals surface area contributed by atoms with E-state index in [1.165, 1.54) is 19.1 Å². The number of carboxylic acid groups (broad SMARTS) is 1. The molecule has 31 heavy (non-hydrogen) atoms. The lowest BCUT2D eigenvalue weighted by molar-refractivity contribution is -0.142. The van der Waals surface area contributed by atoms with Crippen molar-refractivity contribution >= 4 is 29.6 Å². The van der Waals surface area contributed by atoms with Crippen LogP contribution in [0.5, 0.6) is 5.75 Å². The van der Waals surface area contributed by atoms with Crippen molar-refractivity contribution in [1.82, 2.24) is 16.0 Å². The lowest BCUT2D eigenvalue weighted by atomic mass is 10.0. The number of benzene rings is 1. The van der Waals surface area contributed by atoms with Gasteiger partial charge >= 0.3 is 5.97 Å². The number of carboxylic acids is 1. The number of rotatable bonds is 12. The van der Waals surface area contributed by atoms with Crippen LogP contribution in [0.25, 0.3) is 0 Å². The van der Waals surface area contributed by atoms with Gasteiger partial charge in [0, 0.05) is 12.8 Å². The monoisotopic (exact) mass is 437 g/mol. The number of carbonyl (C=O) groups excluding carboxylic acids is 4. The van der Waals surface area contributed by atoms with Gasteiger partial charge in [-0.25, -0.2) is 4.79 Å². The zero-order chi connectivity index (χ0) is 23.6. The van der Waals surface area contributed by atoms with Crippen LogP contribution in [0.2, 0.25) is 0 Å². The maximum absolute atomic E-state index is 12.5. The number of aliphatic carboxylic acids is 1. The summed E-state index contributed by atoms with van der Waals surface area (Å²) in [5.41, 5.74) is 11.1. The Bertz CT molecular complexity index is 810. The fraction of sp³-hybridized carbons (Fsp3) is 0.421. The number of nitrogens with one attached hydrogen (secondary N) is 3. The van der Waals surface area contributed by atoms with Crippen molar-refractivity contribution in [1.29, 1.82) is 0 Å². The first-order valence-electron chi connectivity index (χ1n) is 9.41. The van der Waals surface area contributed by atoms with Gasteiger partial charge < -0.3 is 37.6 Å². The van der Waals surface area contributed by atoms with Crippen LogP contribution in [-0.4, -0.2) is 64.5 Å². The Hall–Kier alpha value is -3.67. The number of amides is 4. The Morgan fingerprint density at radius 1 is 1.00 bits per heavy atom. The zero-order valence-corrected chi connectivity index (χ0v) is 17.0. The highest BCUT2D eigenvalue weighted by molar-refractivity contribution is 5.92. The van der Waals surface area contributed by atoms with Gasteiger partial charge in [-0.15, -0.1) is 0 Å². The lowest BCUT2D eigenvalue weighted by Gasteiger charge is -2.20. The van der Waals surface area contributed by atoms with E-state index < -0.39 is 54.3 Å². The molecule has 1 rings (SSSR count). The summed E-state index contributed by atoms with van der Waals surface area (Å²) in [6, 6.07) is 2.68. The molecule has 3 atom stereocenters. The molecule has 0 heterocycles. The van der Waals surface area contributed by atoms with Crippen LogP contribution < -0.4 is 27.4 Å². The van der Waals surface area contributed by atoms with Crippen molar-refractivity contribution in [2.45, 2.75) is 44.3 Å². The minimum Gasteiger partial charge on any atom is -0.508 e. The fourth-order valence-corrected chi connectivity index (χ4v) is 2.46. The van der Waals surface area contributed by atoms with Crippen LogP contribution in [0, 0.1) is 0 Å². The van der Waals surface area contributed by atoms with Crippen LogP contribution >= 0.6 is 0 Å². The van der Waals surface area contributed by atoms with E-state index in [9.17, 15) is 29.1 Å². The van der Waals surface area contributed by atoms with Crippen molar-refractivity contribution in [3.05, 3.63) is 29.8 Å². The van der Waals surface area contributed by atoms with Crippen molar-refractivity contribution in [2.24, 2.45) is 11.5 Å². The summed E-state index contributed by atoms with van der Waals surface area (Å²) in [7, 11) is 0. The largest absolute Gasteiger partial charge is 0.508 e. The molecule has 0 fully saturated rings. The topological polar surface area (TPSA) is 214 Å². The van der Waals surface area contributed by atoms with Crippen molar-refractivity contribution in [3.8, 4) is 5.75 Å². The van der Waals surface area contributed by atoms with Crippen LogP contribution in [0.4, 0.5) is 0 Å². The molecule has 0 saturated carbocycles. The van der Waals surface area contributed by atoms with Gasteiger partial charge in [0.2, 0.25) is 23.6 Å². The number of hydrogen-bond donors (Lipinski definition) is 7. The molecular formula is C19H27N5O7. The number of carbonyl (C=O) groups is 5. The van der Waals surface area contributed by atoms with Crippen LogP contribution in [0.1, 0.15) is 25.3 Å².